The fraction of sp³-hybridized carbons (Fsp3) is 0.400. The van der Waals surface area contributed by atoms with Gasteiger partial charge in [-0.2, -0.15) is 0 Å². The first-order valence-electron chi connectivity index (χ1n) is 4.45. The molecule has 0 saturated carbocycles. The average Bonchev–Trinajstić information content (AvgIpc) is 2.16. The number of alkyl halides is 2. The summed E-state index contributed by atoms with van der Waals surface area (Å²) in [7, 11) is 0. The van der Waals surface area contributed by atoms with Gasteiger partial charge >= 0.3 is 0 Å². The number of hydrogen-bond donors (Lipinski definition) is 1. The molecular weight excluding hydrogens is 299 g/mol. The molecule has 4 heteroatoms. The van der Waals surface area contributed by atoms with Gasteiger partial charge in [0.15, 0.2) is 0 Å². The van der Waals surface area contributed by atoms with E-state index in [4.69, 9.17) is 0 Å². The number of halogens is 3. The highest BCUT2D eigenvalue weighted by Crippen LogP contribution is 2.21. The molecule has 1 aromatic carbocycles. The van der Waals surface area contributed by atoms with Crippen LogP contribution in [0.1, 0.15) is 11.1 Å². The summed E-state index contributed by atoms with van der Waals surface area (Å²) < 4.78 is 26.0. The Kier molecular flexibility index (Phi) is 3.02. The maximum absolute atomic E-state index is 12.4. The molecule has 0 spiro atoms. The van der Waals surface area contributed by atoms with Crippen LogP contribution in [0.4, 0.5) is 8.78 Å². The van der Waals surface area contributed by atoms with Crippen molar-refractivity contribution >= 4 is 22.6 Å². The van der Waals surface area contributed by atoms with Crippen LogP contribution in [0.15, 0.2) is 18.2 Å². The maximum Gasteiger partial charge on any atom is 0.254 e. The Bertz CT molecular complexity index is 341. The van der Waals surface area contributed by atoms with Crippen LogP contribution in [0.2, 0.25) is 0 Å². The molecule has 0 saturated heterocycles. The average molecular weight is 309 g/mol. The number of benzene rings is 1. The first kappa shape index (κ1) is 10.3. The zero-order valence-corrected chi connectivity index (χ0v) is 9.59. The smallest absolute Gasteiger partial charge is 0.254 e. The molecule has 0 radical (unpaired) electrons. The quantitative estimate of drug-likeness (QED) is 0.786. The van der Waals surface area contributed by atoms with Crippen LogP contribution >= 0.6 is 22.6 Å². The molecule has 14 heavy (non-hydrogen) atoms. The van der Waals surface area contributed by atoms with Crippen LogP contribution in [0, 0.1) is 3.57 Å². The second kappa shape index (κ2) is 4.10. The topological polar surface area (TPSA) is 12.0 Å². The second-order valence-corrected chi connectivity index (χ2v) is 4.68. The van der Waals surface area contributed by atoms with Crippen molar-refractivity contribution in [1.29, 1.82) is 0 Å². The molecule has 1 aliphatic rings. The fourth-order valence-electron chi connectivity index (χ4n) is 1.69. The molecule has 1 unspecified atom stereocenters. The normalized spacial score (nSPS) is 21.0. The molecule has 1 nitrogen and oxygen atoms in total. The van der Waals surface area contributed by atoms with Gasteiger partial charge in [0.1, 0.15) is 0 Å². The Morgan fingerprint density at radius 2 is 2.14 bits per heavy atom. The zero-order chi connectivity index (χ0) is 10.1. The van der Waals surface area contributed by atoms with Gasteiger partial charge in [0.25, 0.3) is 6.43 Å². The third-order valence-electron chi connectivity index (χ3n) is 2.47. The SMILES string of the molecule is FC(F)C1Cc2ccc(I)cc2CN1. The predicted octanol–water partition coefficient (Wildman–Crippen LogP) is 2.57. The summed E-state index contributed by atoms with van der Waals surface area (Å²) in [5.41, 5.74) is 2.20. The molecule has 0 aromatic heterocycles. The van der Waals surface area contributed by atoms with Gasteiger partial charge in [-0.1, -0.05) is 6.07 Å². The van der Waals surface area contributed by atoms with Crippen molar-refractivity contribution in [1.82, 2.24) is 5.32 Å². The van der Waals surface area contributed by atoms with E-state index in [-0.39, 0.29) is 0 Å². The molecule has 1 N–H and O–H groups in total. The molecule has 0 fully saturated rings. The minimum Gasteiger partial charge on any atom is -0.304 e. The van der Waals surface area contributed by atoms with E-state index in [0.717, 1.165) is 14.7 Å². The molecule has 1 aliphatic heterocycles. The van der Waals surface area contributed by atoms with Crippen molar-refractivity contribution in [3.05, 3.63) is 32.9 Å². The highest BCUT2D eigenvalue weighted by Gasteiger charge is 2.25. The lowest BCUT2D eigenvalue weighted by Gasteiger charge is -2.25. The third kappa shape index (κ3) is 2.06. The summed E-state index contributed by atoms with van der Waals surface area (Å²) in [6.07, 6.45) is -1.84. The highest BCUT2D eigenvalue weighted by molar-refractivity contribution is 14.1. The van der Waals surface area contributed by atoms with Gasteiger partial charge < -0.3 is 5.32 Å². The van der Waals surface area contributed by atoms with Gasteiger partial charge in [0, 0.05) is 10.1 Å². The summed E-state index contributed by atoms with van der Waals surface area (Å²) in [6.45, 7) is 0.557. The molecule has 0 amide bonds. The number of rotatable bonds is 1. The van der Waals surface area contributed by atoms with Crippen molar-refractivity contribution in [2.45, 2.75) is 25.4 Å². The predicted molar refractivity (Wildman–Crippen MR) is 59.5 cm³/mol. The van der Waals surface area contributed by atoms with E-state index < -0.39 is 12.5 Å². The minimum atomic E-state index is -2.28. The van der Waals surface area contributed by atoms with Crippen LogP contribution < -0.4 is 5.32 Å². The Hall–Kier alpha value is -0.230. The maximum atomic E-state index is 12.4. The van der Waals surface area contributed by atoms with Gasteiger partial charge in [0.05, 0.1) is 6.04 Å². The van der Waals surface area contributed by atoms with E-state index in [9.17, 15) is 8.78 Å². The Morgan fingerprint density at radius 1 is 1.36 bits per heavy atom. The van der Waals surface area contributed by atoms with Crippen molar-refractivity contribution in [3.8, 4) is 0 Å². The summed E-state index contributed by atoms with van der Waals surface area (Å²) >= 11 is 2.23. The molecule has 1 atom stereocenters. The largest absolute Gasteiger partial charge is 0.304 e. The monoisotopic (exact) mass is 309 g/mol. The lowest BCUT2D eigenvalue weighted by molar-refractivity contribution is 0.0942. The summed E-state index contributed by atoms with van der Waals surface area (Å²) in [4.78, 5) is 0. The van der Waals surface area contributed by atoms with E-state index in [1.54, 1.807) is 0 Å². The number of nitrogens with one attached hydrogen (secondary N) is 1. The first-order valence-corrected chi connectivity index (χ1v) is 5.53. The van der Waals surface area contributed by atoms with Crippen LogP contribution in [0.5, 0.6) is 0 Å². The Labute approximate surface area is 95.0 Å². The second-order valence-electron chi connectivity index (χ2n) is 3.44. The van der Waals surface area contributed by atoms with Crippen molar-refractivity contribution in [2.75, 3.05) is 0 Å². The molecule has 2 rings (SSSR count). The third-order valence-corrected chi connectivity index (χ3v) is 3.14. The molecule has 0 bridgehead atoms. The van der Waals surface area contributed by atoms with Crippen LogP contribution in [0.3, 0.4) is 0 Å². The van der Waals surface area contributed by atoms with E-state index in [1.165, 1.54) is 0 Å². The van der Waals surface area contributed by atoms with Crippen LogP contribution in [-0.2, 0) is 13.0 Å². The van der Waals surface area contributed by atoms with E-state index in [0.29, 0.717) is 13.0 Å². The van der Waals surface area contributed by atoms with Gasteiger partial charge in [-0.05, 0) is 52.3 Å². The number of hydrogen-bond acceptors (Lipinski definition) is 1. The minimum absolute atomic E-state index is 0.434. The van der Waals surface area contributed by atoms with E-state index in [2.05, 4.69) is 27.9 Å². The van der Waals surface area contributed by atoms with Gasteiger partial charge in [0.2, 0.25) is 0 Å². The van der Waals surface area contributed by atoms with E-state index in [1.807, 2.05) is 18.2 Å². The van der Waals surface area contributed by atoms with Crippen molar-refractivity contribution < 1.29 is 8.78 Å². The van der Waals surface area contributed by atoms with Crippen LogP contribution in [-0.4, -0.2) is 12.5 Å². The Morgan fingerprint density at radius 3 is 2.86 bits per heavy atom. The summed E-state index contributed by atoms with van der Waals surface area (Å²) in [5.74, 6) is 0. The zero-order valence-electron chi connectivity index (χ0n) is 7.43. The van der Waals surface area contributed by atoms with Crippen molar-refractivity contribution in [3.63, 3.8) is 0 Å². The van der Waals surface area contributed by atoms with Gasteiger partial charge in [-0.15, -0.1) is 0 Å². The highest BCUT2D eigenvalue weighted by atomic mass is 127. The Balaban J connectivity index is 2.23. The molecular formula is C10H10F2IN. The first-order chi connectivity index (χ1) is 6.66. The lowest BCUT2D eigenvalue weighted by Crippen LogP contribution is -2.40. The summed E-state index contributed by atoms with van der Waals surface area (Å²) in [5, 5.41) is 2.85. The lowest BCUT2D eigenvalue weighted by atomic mass is 9.96. The standard InChI is InChI=1S/C10H10F2IN/c11-10(12)9-4-6-1-2-8(13)3-7(6)5-14-9/h1-3,9-10,14H,4-5H2. The van der Waals surface area contributed by atoms with E-state index >= 15 is 0 Å². The number of fused-ring (bicyclic) bond motifs is 1. The fourth-order valence-corrected chi connectivity index (χ4v) is 2.24. The summed E-state index contributed by atoms with van der Waals surface area (Å²) in [6, 6.07) is 5.29. The molecule has 1 heterocycles. The molecule has 0 aliphatic carbocycles. The van der Waals surface area contributed by atoms with Crippen LogP contribution in [0.25, 0.3) is 0 Å². The molecule has 76 valence electrons. The van der Waals surface area contributed by atoms with Gasteiger partial charge in [-0.25, -0.2) is 8.78 Å². The van der Waals surface area contributed by atoms with Gasteiger partial charge in [-0.3, -0.25) is 0 Å². The molecule has 1 aromatic rings. The van der Waals surface area contributed by atoms with Crippen molar-refractivity contribution in [2.24, 2.45) is 0 Å².